The summed E-state index contributed by atoms with van der Waals surface area (Å²) in [6.07, 6.45) is 0. The maximum absolute atomic E-state index is 8.57. The second-order valence-corrected chi connectivity index (χ2v) is 2.74. The van der Waals surface area contributed by atoms with Crippen LogP contribution in [0.5, 0.6) is 0 Å². The molecule has 4 N–H and O–H groups in total. The normalized spacial score (nSPS) is 10.8. The molecule has 72 valence electrons. The third-order valence-electron chi connectivity index (χ3n) is 1.53. The van der Waals surface area contributed by atoms with Crippen LogP contribution >= 0.6 is 0 Å². The van der Waals surface area contributed by atoms with Gasteiger partial charge >= 0.3 is 0 Å². The molecule has 0 aliphatic heterocycles. The van der Waals surface area contributed by atoms with Gasteiger partial charge in [0.25, 0.3) is 0 Å². The maximum Gasteiger partial charge on any atom is 0.118 e. The Morgan fingerprint density at radius 2 is 2.00 bits per heavy atom. The van der Waals surface area contributed by atoms with Gasteiger partial charge in [0.1, 0.15) is 5.84 Å². The van der Waals surface area contributed by atoms with Crippen molar-refractivity contribution in [2.75, 3.05) is 5.12 Å². The van der Waals surface area contributed by atoms with E-state index in [1.54, 1.807) is 31.2 Å². The lowest BCUT2D eigenvalue weighted by atomic mass is 10.2. The first-order valence-corrected chi connectivity index (χ1v) is 3.99. The van der Waals surface area contributed by atoms with E-state index in [1.165, 1.54) is 0 Å². The van der Waals surface area contributed by atoms with Gasteiger partial charge in [-0.25, -0.2) is 5.84 Å². The number of hydrogen-bond acceptors (Lipinski definition) is 4. The highest BCUT2D eigenvalue weighted by atomic mass is 15.6. The first-order valence-electron chi connectivity index (χ1n) is 3.99. The van der Waals surface area contributed by atoms with Crippen LogP contribution in [0.25, 0.3) is 0 Å². The fourth-order valence-corrected chi connectivity index (χ4v) is 0.916. The van der Waals surface area contributed by atoms with Gasteiger partial charge in [0.2, 0.25) is 0 Å². The van der Waals surface area contributed by atoms with E-state index < -0.39 is 0 Å². The lowest BCUT2D eigenvalue weighted by Gasteiger charge is -2.12. The number of rotatable bonds is 2. The summed E-state index contributed by atoms with van der Waals surface area (Å²) < 4.78 is 0. The summed E-state index contributed by atoms with van der Waals surface area (Å²) in [6, 6.07) is 8.74. The van der Waals surface area contributed by atoms with Gasteiger partial charge in [-0.15, -0.1) is 5.10 Å². The van der Waals surface area contributed by atoms with E-state index in [9.17, 15) is 0 Å². The molecule has 5 heteroatoms. The minimum Gasteiger partial charge on any atom is -0.386 e. The van der Waals surface area contributed by atoms with Gasteiger partial charge in [0.15, 0.2) is 0 Å². The number of amidine groups is 1. The van der Waals surface area contributed by atoms with E-state index >= 15 is 0 Å². The fraction of sp³-hybridized carbons (Fsp3) is 0.111. The summed E-state index contributed by atoms with van der Waals surface area (Å²) in [5, 5.41) is 13.6. The Morgan fingerprint density at radius 1 is 1.43 bits per heavy atom. The molecule has 5 nitrogen and oxygen atoms in total. The van der Waals surface area contributed by atoms with Gasteiger partial charge in [0, 0.05) is 0 Å². The van der Waals surface area contributed by atoms with E-state index in [-0.39, 0.29) is 0 Å². The van der Waals surface area contributed by atoms with Gasteiger partial charge in [0.05, 0.1) is 17.3 Å². The van der Waals surface area contributed by atoms with Crippen molar-refractivity contribution in [3.8, 4) is 6.07 Å². The Labute approximate surface area is 82.2 Å². The summed E-state index contributed by atoms with van der Waals surface area (Å²) in [5.74, 6) is 5.94. The van der Waals surface area contributed by atoms with Crippen LogP contribution in [0, 0.1) is 11.3 Å². The van der Waals surface area contributed by atoms with Gasteiger partial charge < -0.3 is 5.73 Å². The number of hydrogen-bond donors (Lipinski definition) is 2. The topological polar surface area (TPSA) is 91.4 Å². The second kappa shape index (κ2) is 4.25. The summed E-state index contributed by atoms with van der Waals surface area (Å²) in [5.41, 5.74) is 6.62. The Morgan fingerprint density at radius 3 is 2.43 bits per heavy atom. The lowest BCUT2D eigenvalue weighted by molar-refractivity contribution is 0.920. The molecule has 0 radical (unpaired) electrons. The number of hydrazine groups is 1. The molecule has 0 saturated heterocycles. The Bertz CT molecular complexity index is 369. The molecule has 0 spiro atoms. The fourth-order valence-electron chi connectivity index (χ4n) is 0.916. The van der Waals surface area contributed by atoms with Crippen molar-refractivity contribution >= 4 is 11.5 Å². The van der Waals surface area contributed by atoms with Crippen LogP contribution in [0.1, 0.15) is 12.5 Å². The molecule has 0 amide bonds. The van der Waals surface area contributed by atoms with Crippen molar-refractivity contribution in [3.05, 3.63) is 29.8 Å². The molecule has 0 aliphatic carbocycles. The predicted octanol–water partition coefficient (Wildman–Crippen LogP) is 0.530. The van der Waals surface area contributed by atoms with Crippen molar-refractivity contribution in [2.24, 2.45) is 16.7 Å². The smallest absolute Gasteiger partial charge is 0.118 e. The van der Waals surface area contributed by atoms with Gasteiger partial charge in [-0.2, -0.15) is 10.4 Å². The number of nitriles is 1. The summed E-state index contributed by atoms with van der Waals surface area (Å²) in [4.78, 5) is 0. The molecule has 0 aliphatic rings. The number of anilines is 1. The Hall–Kier alpha value is -2.06. The van der Waals surface area contributed by atoms with Crippen LogP contribution in [-0.4, -0.2) is 5.84 Å². The van der Waals surface area contributed by atoms with Crippen molar-refractivity contribution in [1.82, 2.24) is 0 Å². The van der Waals surface area contributed by atoms with Crippen LogP contribution in [0.2, 0.25) is 0 Å². The van der Waals surface area contributed by atoms with Crippen molar-refractivity contribution in [2.45, 2.75) is 6.92 Å². The molecule has 1 aromatic carbocycles. The number of benzene rings is 1. The average molecular weight is 189 g/mol. The zero-order valence-electron chi connectivity index (χ0n) is 7.81. The summed E-state index contributed by atoms with van der Waals surface area (Å²) >= 11 is 0. The minimum absolute atomic E-state index is 0.372. The molecule has 0 atom stereocenters. The van der Waals surface area contributed by atoms with Crippen molar-refractivity contribution in [3.63, 3.8) is 0 Å². The Kier molecular flexibility index (Phi) is 3.05. The summed E-state index contributed by atoms with van der Waals surface area (Å²) in [7, 11) is 0. The van der Waals surface area contributed by atoms with E-state index in [0.29, 0.717) is 17.1 Å². The van der Waals surface area contributed by atoms with Crippen LogP contribution in [-0.2, 0) is 0 Å². The van der Waals surface area contributed by atoms with E-state index in [4.69, 9.17) is 16.8 Å². The molecule has 0 bridgehead atoms. The maximum atomic E-state index is 8.57. The monoisotopic (exact) mass is 189 g/mol. The summed E-state index contributed by atoms with van der Waals surface area (Å²) in [6.45, 7) is 1.64. The first-order chi connectivity index (χ1) is 6.63. The number of hydrazone groups is 1. The molecule has 14 heavy (non-hydrogen) atoms. The molecule has 0 fully saturated rings. The number of nitrogens with two attached hydrogens (primary N) is 2. The van der Waals surface area contributed by atoms with Crippen LogP contribution in [0.15, 0.2) is 29.4 Å². The zero-order chi connectivity index (χ0) is 10.6. The van der Waals surface area contributed by atoms with E-state index in [2.05, 4.69) is 5.10 Å². The van der Waals surface area contributed by atoms with Gasteiger partial charge in [-0.3, -0.25) is 0 Å². The molecule has 0 aromatic heterocycles. The van der Waals surface area contributed by atoms with Crippen LogP contribution < -0.4 is 16.7 Å². The minimum atomic E-state index is 0.372. The molecular formula is C9H11N5. The SMILES string of the molecule is C/C(N)=N/N(N)c1ccc(C#N)cc1. The number of nitrogens with zero attached hydrogens (tertiary/aromatic N) is 3. The second-order valence-electron chi connectivity index (χ2n) is 2.74. The van der Waals surface area contributed by atoms with Gasteiger partial charge in [-0.05, 0) is 31.2 Å². The first kappa shape index (κ1) is 10.0. The van der Waals surface area contributed by atoms with Crippen molar-refractivity contribution in [1.29, 1.82) is 5.26 Å². The largest absolute Gasteiger partial charge is 0.386 e. The standard InChI is InChI=1S/C9H11N5/c1-7(11)13-14(12)9-4-2-8(6-10)3-5-9/h2-5H,12H2,1H3,(H2,11,13). The molecular weight excluding hydrogens is 178 g/mol. The Balaban J connectivity index is 2.88. The molecule has 0 heterocycles. The van der Waals surface area contributed by atoms with Crippen LogP contribution in [0.4, 0.5) is 5.69 Å². The highest BCUT2D eigenvalue weighted by Crippen LogP contribution is 2.11. The third-order valence-corrected chi connectivity index (χ3v) is 1.53. The van der Waals surface area contributed by atoms with Crippen LogP contribution in [0.3, 0.4) is 0 Å². The van der Waals surface area contributed by atoms with E-state index in [0.717, 1.165) is 5.12 Å². The van der Waals surface area contributed by atoms with Gasteiger partial charge in [-0.1, -0.05) is 0 Å². The molecule has 1 aromatic rings. The average Bonchev–Trinajstić information content (AvgIpc) is 2.17. The quantitative estimate of drug-likeness (QED) is 0.307. The lowest BCUT2D eigenvalue weighted by Crippen LogP contribution is -2.27. The van der Waals surface area contributed by atoms with E-state index in [1.807, 2.05) is 6.07 Å². The molecule has 0 saturated carbocycles. The molecule has 1 rings (SSSR count). The molecule has 0 unspecified atom stereocenters. The highest BCUT2D eigenvalue weighted by molar-refractivity contribution is 5.78. The van der Waals surface area contributed by atoms with Crippen molar-refractivity contribution < 1.29 is 0 Å². The third kappa shape index (κ3) is 2.47. The predicted molar refractivity (Wildman–Crippen MR) is 55.1 cm³/mol. The highest BCUT2D eigenvalue weighted by Gasteiger charge is 1.98. The zero-order valence-corrected chi connectivity index (χ0v) is 7.81.